The molecule has 0 fully saturated rings. The molecule has 0 aliphatic heterocycles. The Morgan fingerprint density at radius 3 is 2.30 bits per heavy atom. The van der Waals surface area contributed by atoms with Gasteiger partial charge in [-0.1, -0.05) is 23.7 Å². The summed E-state index contributed by atoms with van der Waals surface area (Å²) in [6, 6.07) is 4.60. The van der Waals surface area contributed by atoms with Crippen molar-refractivity contribution in [3.63, 3.8) is 0 Å². The van der Waals surface area contributed by atoms with Crippen LogP contribution in [0.3, 0.4) is 0 Å². The highest BCUT2D eigenvalue weighted by Gasteiger charge is 2.38. The van der Waals surface area contributed by atoms with Gasteiger partial charge in [0, 0.05) is 16.8 Å². The highest BCUT2D eigenvalue weighted by molar-refractivity contribution is 7.90. The molecule has 12 heteroatoms. The summed E-state index contributed by atoms with van der Waals surface area (Å²) in [5.74, 6) is -1.83. The van der Waals surface area contributed by atoms with Gasteiger partial charge >= 0.3 is 6.18 Å². The molecular formula is C15H11ClF3N5O2S. The van der Waals surface area contributed by atoms with Crippen LogP contribution in [0.15, 0.2) is 35.5 Å². The zero-order valence-electron chi connectivity index (χ0n) is 13.9. The zero-order chi connectivity index (χ0) is 20.0. The second kappa shape index (κ2) is 6.57. The van der Waals surface area contributed by atoms with Crippen molar-refractivity contribution >= 4 is 21.4 Å². The topological polar surface area (TPSA) is 90.6 Å². The Labute approximate surface area is 156 Å². The summed E-state index contributed by atoms with van der Waals surface area (Å²) in [6.07, 6.45) is -1.86. The van der Waals surface area contributed by atoms with Crippen LogP contribution in [-0.2, 0) is 16.0 Å². The largest absolute Gasteiger partial charge is 0.453 e. The fraction of sp³-hybridized carbons (Fsp3) is 0.200. The van der Waals surface area contributed by atoms with Gasteiger partial charge in [0.2, 0.25) is 0 Å². The standard InChI is InChI=1S/C15H11ClF3N5O2S/c1-8-3-4-9(5-11(8)16)12-22-13(15(17,18)19)23-24(12)14-20-6-10(7-21-14)27(2,25)26/h3-7H,1-2H3. The van der Waals surface area contributed by atoms with Crippen molar-refractivity contribution in [1.29, 1.82) is 0 Å². The smallest absolute Gasteiger partial charge is 0.224 e. The first-order valence-electron chi connectivity index (χ1n) is 7.30. The molecule has 7 nitrogen and oxygen atoms in total. The van der Waals surface area contributed by atoms with E-state index in [9.17, 15) is 21.6 Å². The lowest BCUT2D eigenvalue weighted by molar-refractivity contribution is -0.144. The lowest BCUT2D eigenvalue weighted by Crippen LogP contribution is -2.10. The molecule has 27 heavy (non-hydrogen) atoms. The number of sulfone groups is 1. The lowest BCUT2D eigenvalue weighted by atomic mass is 10.1. The SMILES string of the molecule is Cc1ccc(-c2nc(C(F)(F)F)nn2-c2ncc(S(C)(=O)=O)cn2)cc1Cl. The Bertz CT molecular complexity index is 1110. The summed E-state index contributed by atoms with van der Waals surface area (Å²) in [6.45, 7) is 1.74. The van der Waals surface area contributed by atoms with Crippen LogP contribution in [0.1, 0.15) is 11.4 Å². The highest BCUT2D eigenvalue weighted by atomic mass is 35.5. The van der Waals surface area contributed by atoms with Gasteiger partial charge in [0.15, 0.2) is 15.7 Å². The lowest BCUT2D eigenvalue weighted by Gasteiger charge is -2.06. The first-order valence-corrected chi connectivity index (χ1v) is 9.57. The van der Waals surface area contributed by atoms with E-state index in [0.29, 0.717) is 5.02 Å². The molecule has 1 aromatic carbocycles. The number of hydrogen-bond donors (Lipinski definition) is 0. The quantitative estimate of drug-likeness (QED) is 0.650. The van der Waals surface area contributed by atoms with Crippen molar-refractivity contribution in [2.24, 2.45) is 0 Å². The minimum atomic E-state index is -4.79. The summed E-state index contributed by atoms with van der Waals surface area (Å²) in [4.78, 5) is 11.0. The Morgan fingerprint density at radius 2 is 1.78 bits per heavy atom. The average molecular weight is 418 g/mol. The van der Waals surface area contributed by atoms with Gasteiger partial charge in [-0.25, -0.2) is 23.4 Å². The highest BCUT2D eigenvalue weighted by Crippen LogP contribution is 2.31. The van der Waals surface area contributed by atoms with Crippen LogP contribution < -0.4 is 0 Å². The number of aromatic nitrogens is 5. The van der Waals surface area contributed by atoms with Gasteiger partial charge in [-0.3, -0.25) is 0 Å². The molecular weight excluding hydrogens is 407 g/mol. The van der Waals surface area contributed by atoms with Gasteiger partial charge in [0.25, 0.3) is 11.8 Å². The van der Waals surface area contributed by atoms with E-state index in [0.717, 1.165) is 28.9 Å². The third-order valence-electron chi connectivity index (χ3n) is 3.52. The minimum Gasteiger partial charge on any atom is -0.224 e. The summed E-state index contributed by atoms with van der Waals surface area (Å²) in [5.41, 5.74) is 1.00. The predicted octanol–water partition coefficient (Wildman–Crippen LogP) is 3.11. The minimum absolute atomic E-state index is 0.178. The normalized spacial score (nSPS) is 12.4. The number of halogens is 4. The molecule has 0 aliphatic carbocycles. The molecule has 0 saturated carbocycles. The van der Waals surface area contributed by atoms with Crippen molar-refractivity contribution in [3.8, 4) is 17.3 Å². The predicted molar refractivity (Wildman–Crippen MR) is 90.2 cm³/mol. The van der Waals surface area contributed by atoms with Gasteiger partial charge in [-0.05, 0) is 18.6 Å². The maximum atomic E-state index is 13.1. The van der Waals surface area contributed by atoms with Crippen molar-refractivity contribution in [2.75, 3.05) is 6.26 Å². The van der Waals surface area contributed by atoms with E-state index < -0.39 is 21.8 Å². The third kappa shape index (κ3) is 3.93. The van der Waals surface area contributed by atoms with E-state index in [2.05, 4.69) is 20.1 Å². The van der Waals surface area contributed by atoms with Crippen LogP contribution in [0.4, 0.5) is 13.2 Å². The van der Waals surface area contributed by atoms with Crippen molar-refractivity contribution in [3.05, 3.63) is 47.0 Å². The fourth-order valence-electron chi connectivity index (χ4n) is 2.10. The number of nitrogens with zero attached hydrogens (tertiary/aromatic N) is 5. The van der Waals surface area contributed by atoms with Crippen LogP contribution in [0.2, 0.25) is 5.02 Å². The van der Waals surface area contributed by atoms with E-state index in [1.54, 1.807) is 13.0 Å². The summed E-state index contributed by atoms with van der Waals surface area (Å²) >= 11 is 6.05. The number of rotatable bonds is 3. The molecule has 0 unspecified atom stereocenters. The Morgan fingerprint density at radius 1 is 1.15 bits per heavy atom. The summed E-state index contributed by atoms with van der Waals surface area (Å²) in [7, 11) is -3.56. The van der Waals surface area contributed by atoms with Crippen LogP contribution in [0.5, 0.6) is 0 Å². The van der Waals surface area contributed by atoms with Crippen LogP contribution in [0, 0.1) is 6.92 Å². The molecule has 0 amide bonds. The number of alkyl halides is 3. The number of hydrogen-bond acceptors (Lipinski definition) is 6. The molecule has 0 aliphatic rings. The van der Waals surface area contributed by atoms with E-state index in [-0.39, 0.29) is 22.2 Å². The summed E-state index contributed by atoms with van der Waals surface area (Å²) in [5, 5.41) is 3.77. The molecule has 0 bridgehead atoms. The van der Waals surface area contributed by atoms with Crippen LogP contribution in [0.25, 0.3) is 17.3 Å². The van der Waals surface area contributed by atoms with E-state index in [1.807, 2.05) is 0 Å². The summed E-state index contributed by atoms with van der Waals surface area (Å²) < 4.78 is 63.1. The second-order valence-corrected chi connectivity index (χ2v) is 8.05. The molecule has 0 N–H and O–H groups in total. The second-order valence-electron chi connectivity index (χ2n) is 5.62. The molecule has 0 spiro atoms. The van der Waals surface area contributed by atoms with Gasteiger partial charge < -0.3 is 0 Å². The van der Waals surface area contributed by atoms with Gasteiger partial charge in [-0.2, -0.15) is 17.9 Å². The van der Waals surface area contributed by atoms with E-state index in [4.69, 9.17) is 11.6 Å². The maximum Gasteiger partial charge on any atom is 0.453 e. The molecule has 142 valence electrons. The maximum absolute atomic E-state index is 13.1. The first kappa shape index (κ1) is 19.2. The molecule has 3 rings (SSSR count). The molecule has 0 atom stereocenters. The van der Waals surface area contributed by atoms with Gasteiger partial charge in [-0.15, -0.1) is 5.10 Å². The Kier molecular flexibility index (Phi) is 4.68. The van der Waals surface area contributed by atoms with Gasteiger partial charge in [0.1, 0.15) is 4.90 Å². The average Bonchev–Trinajstić information content (AvgIpc) is 3.02. The Balaban J connectivity index is 2.19. The number of benzene rings is 1. The van der Waals surface area contributed by atoms with Crippen LogP contribution >= 0.6 is 11.6 Å². The molecule has 3 aromatic rings. The first-order chi connectivity index (χ1) is 12.5. The van der Waals surface area contributed by atoms with E-state index >= 15 is 0 Å². The van der Waals surface area contributed by atoms with E-state index in [1.165, 1.54) is 12.1 Å². The Hall–Kier alpha value is -2.53. The molecule has 0 radical (unpaired) electrons. The molecule has 2 heterocycles. The number of aryl methyl sites for hydroxylation is 1. The zero-order valence-corrected chi connectivity index (χ0v) is 15.4. The fourth-order valence-corrected chi connectivity index (χ4v) is 2.77. The van der Waals surface area contributed by atoms with Crippen molar-refractivity contribution < 1.29 is 21.6 Å². The molecule has 2 aromatic heterocycles. The van der Waals surface area contributed by atoms with Crippen LogP contribution in [-0.4, -0.2) is 39.4 Å². The van der Waals surface area contributed by atoms with Crippen molar-refractivity contribution in [1.82, 2.24) is 24.7 Å². The monoisotopic (exact) mass is 417 g/mol. The third-order valence-corrected chi connectivity index (χ3v) is 5.00. The van der Waals surface area contributed by atoms with Gasteiger partial charge in [0.05, 0.1) is 12.4 Å². The van der Waals surface area contributed by atoms with Crippen molar-refractivity contribution in [2.45, 2.75) is 18.0 Å². The molecule has 0 saturated heterocycles.